The van der Waals surface area contributed by atoms with Crippen LogP contribution in [0.4, 0.5) is 0 Å². The molecular formula is C5H7MoO3. The van der Waals surface area contributed by atoms with Gasteiger partial charge < -0.3 is 0 Å². The van der Waals surface area contributed by atoms with E-state index in [-0.39, 0.29) is 16.5 Å². The van der Waals surface area contributed by atoms with Gasteiger partial charge in [-0.25, -0.2) is 0 Å². The van der Waals surface area contributed by atoms with Crippen LogP contribution in [0.5, 0.6) is 0 Å². The van der Waals surface area contributed by atoms with Gasteiger partial charge in [-0.2, -0.15) is 0 Å². The van der Waals surface area contributed by atoms with Gasteiger partial charge in [-0.15, -0.1) is 0 Å². The Balaban J connectivity index is 3.63. The second kappa shape index (κ2) is 3.78. The van der Waals surface area contributed by atoms with Crippen molar-refractivity contribution in [1.29, 1.82) is 0 Å². The summed E-state index contributed by atoms with van der Waals surface area (Å²) in [5, 5.41) is 8.18. The summed E-state index contributed by atoms with van der Waals surface area (Å²) in [5.41, 5.74) is 0. The van der Waals surface area contributed by atoms with Crippen LogP contribution < -0.4 is 0 Å². The number of carboxylic acid groups (broad SMARTS) is 1. The topological polar surface area (TPSA) is 54.4 Å². The summed E-state index contributed by atoms with van der Waals surface area (Å²) in [6.07, 6.45) is -0.0557. The molecule has 51 valence electrons. The van der Waals surface area contributed by atoms with E-state index >= 15 is 0 Å². The molecule has 0 aliphatic heterocycles. The van der Waals surface area contributed by atoms with Crippen LogP contribution in [0, 0.1) is 0 Å². The van der Waals surface area contributed by atoms with Gasteiger partial charge in [-0.1, -0.05) is 0 Å². The Morgan fingerprint density at radius 2 is 2.11 bits per heavy atom. The minimum atomic E-state index is -0.916. The number of carboxylic acids is 1. The van der Waals surface area contributed by atoms with E-state index in [4.69, 9.17) is 5.11 Å². The van der Waals surface area contributed by atoms with Crippen molar-refractivity contribution < 1.29 is 34.5 Å². The van der Waals surface area contributed by atoms with Crippen LogP contribution >= 0.6 is 0 Å². The summed E-state index contributed by atoms with van der Waals surface area (Å²) in [6.45, 7) is 1.40. The number of Topliss-reactive ketones (excluding diaryl/α,β-unsaturated/α-hetero) is 1. The van der Waals surface area contributed by atoms with Crippen molar-refractivity contribution in [1.82, 2.24) is 0 Å². The number of aliphatic carboxylic acids is 1. The maximum absolute atomic E-state index is 10.4. The van der Waals surface area contributed by atoms with E-state index in [1.165, 1.54) is 26.7 Å². The number of hydrogen-bond acceptors (Lipinski definition) is 2. The van der Waals surface area contributed by atoms with E-state index in [0.717, 1.165) is 0 Å². The van der Waals surface area contributed by atoms with Gasteiger partial charge >= 0.3 is 63.9 Å². The van der Waals surface area contributed by atoms with Gasteiger partial charge in [-0.3, -0.25) is 0 Å². The van der Waals surface area contributed by atoms with Crippen LogP contribution in [0.25, 0.3) is 0 Å². The van der Waals surface area contributed by atoms with Gasteiger partial charge in [0.15, 0.2) is 0 Å². The fourth-order valence-corrected chi connectivity index (χ4v) is 0.653. The molecule has 4 heteroatoms. The molecule has 0 heterocycles. The Morgan fingerprint density at radius 1 is 1.67 bits per heavy atom. The number of ketones is 1. The quantitative estimate of drug-likeness (QED) is 0.686. The first kappa shape index (κ1) is 8.83. The van der Waals surface area contributed by atoms with E-state index in [0.29, 0.717) is 0 Å². The first-order valence-electron chi connectivity index (χ1n) is 2.42. The van der Waals surface area contributed by atoms with Crippen molar-refractivity contribution in [2.45, 2.75) is 17.7 Å². The number of carbonyl (C=O) groups excluding carboxylic acids is 1. The summed E-state index contributed by atoms with van der Waals surface area (Å²) in [4.78, 5) is 20.4. The Labute approximate surface area is 64.3 Å². The van der Waals surface area contributed by atoms with Gasteiger partial charge in [0, 0.05) is 0 Å². The Hall–Kier alpha value is -0.172. The summed E-state index contributed by atoms with van der Waals surface area (Å²) in [7, 11) is 0. The molecule has 9 heavy (non-hydrogen) atoms. The molecule has 0 saturated heterocycles. The predicted octanol–water partition coefficient (Wildman–Crippen LogP) is 0.385. The molecule has 0 aromatic heterocycles. The molecule has 0 aliphatic rings. The second-order valence-electron chi connectivity index (χ2n) is 1.70. The molecule has 0 bridgehead atoms. The Kier molecular flexibility index (Phi) is 3.71. The molecule has 0 aromatic carbocycles. The van der Waals surface area contributed by atoms with Crippen molar-refractivity contribution >= 4 is 11.8 Å². The Bertz CT molecular complexity index is 132. The molecule has 0 radical (unpaired) electrons. The van der Waals surface area contributed by atoms with E-state index in [9.17, 15) is 9.59 Å². The van der Waals surface area contributed by atoms with Crippen LogP contribution in [0.2, 0.25) is 4.31 Å². The number of rotatable bonds is 3. The molecule has 1 atom stereocenters. The molecule has 1 N–H and O–H groups in total. The standard InChI is InChI=1S/C5H7O3.Mo/c1-4(6)2-3-5(7)8;/h2H,3H2,1H3,(H,7,8);. The van der Waals surface area contributed by atoms with E-state index in [2.05, 4.69) is 0 Å². The Morgan fingerprint density at radius 3 is 2.22 bits per heavy atom. The van der Waals surface area contributed by atoms with Crippen molar-refractivity contribution in [2.24, 2.45) is 0 Å². The van der Waals surface area contributed by atoms with Crippen LogP contribution in [0.3, 0.4) is 0 Å². The summed E-state index contributed by atoms with van der Waals surface area (Å²) < 4.78 is -0.335. The molecule has 0 rings (SSSR count). The first-order chi connectivity index (χ1) is 4.04. The van der Waals surface area contributed by atoms with Gasteiger partial charge in [0.25, 0.3) is 0 Å². The van der Waals surface area contributed by atoms with Crippen LogP contribution in [-0.4, -0.2) is 16.9 Å². The zero-order valence-electron chi connectivity index (χ0n) is 4.96. The third-order valence-corrected chi connectivity index (χ3v) is 2.04. The molecule has 3 nitrogen and oxygen atoms in total. The van der Waals surface area contributed by atoms with Gasteiger partial charge in [0.1, 0.15) is 0 Å². The minimum absolute atomic E-state index is 0.0557. The van der Waals surface area contributed by atoms with Gasteiger partial charge in [0.2, 0.25) is 0 Å². The third-order valence-electron chi connectivity index (χ3n) is 0.813. The fourth-order valence-electron chi connectivity index (χ4n) is 0.302. The SMILES string of the molecule is CC(=O)[CH]([Mo])CC(=O)O. The average molecular weight is 211 g/mol. The normalized spacial score (nSPS) is 12.6. The monoisotopic (exact) mass is 213 g/mol. The third kappa shape index (κ3) is 4.34. The molecule has 0 saturated carbocycles. The zero-order valence-corrected chi connectivity index (χ0v) is 6.96. The van der Waals surface area contributed by atoms with Crippen molar-refractivity contribution in [3.05, 3.63) is 0 Å². The van der Waals surface area contributed by atoms with Crippen molar-refractivity contribution in [3.63, 3.8) is 0 Å². The van der Waals surface area contributed by atoms with E-state index in [1.54, 1.807) is 0 Å². The molecule has 0 spiro atoms. The summed E-state index contributed by atoms with van der Waals surface area (Å²) in [6, 6.07) is 0. The molecule has 0 aliphatic carbocycles. The number of carbonyl (C=O) groups is 2. The molecular weight excluding hydrogens is 204 g/mol. The van der Waals surface area contributed by atoms with Gasteiger partial charge in [-0.05, 0) is 0 Å². The van der Waals surface area contributed by atoms with Crippen LogP contribution in [-0.2, 0) is 29.4 Å². The number of hydrogen-bond donors (Lipinski definition) is 1. The second-order valence-corrected chi connectivity index (χ2v) is 3.10. The summed E-state index contributed by atoms with van der Waals surface area (Å²) >= 11 is 1.54. The molecule has 0 amide bonds. The predicted molar refractivity (Wildman–Crippen MR) is 26.7 cm³/mol. The zero-order chi connectivity index (χ0) is 7.44. The average Bonchev–Trinajstić information content (AvgIpc) is 1.63. The molecule has 1 unspecified atom stereocenters. The van der Waals surface area contributed by atoms with Crippen molar-refractivity contribution in [2.75, 3.05) is 0 Å². The summed E-state index contributed by atoms with van der Waals surface area (Å²) in [5.74, 6) is -0.984. The first-order valence-corrected chi connectivity index (χ1v) is 3.58. The van der Waals surface area contributed by atoms with Gasteiger partial charge in [0.05, 0.1) is 0 Å². The maximum atomic E-state index is 10.4. The van der Waals surface area contributed by atoms with E-state index in [1.807, 2.05) is 0 Å². The fraction of sp³-hybridized carbons (Fsp3) is 0.600. The molecule has 0 fully saturated rings. The van der Waals surface area contributed by atoms with Crippen LogP contribution in [0.15, 0.2) is 0 Å². The van der Waals surface area contributed by atoms with E-state index < -0.39 is 5.97 Å². The molecule has 0 aromatic rings. The van der Waals surface area contributed by atoms with Crippen molar-refractivity contribution in [3.8, 4) is 0 Å². The van der Waals surface area contributed by atoms with Crippen LogP contribution in [0.1, 0.15) is 13.3 Å².